The second-order valence-corrected chi connectivity index (χ2v) is 4.40. The minimum atomic E-state index is -1.08. The molecule has 0 unspecified atom stereocenters. The summed E-state index contributed by atoms with van der Waals surface area (Å²) in [5, 5.41) is 9.78. The van der Waals surface area contributed by atoms with Crippen molar-refractivity contribution in [1.82, 2.24) is 0 Å². The van der Waals surface area contributed by atoms with Gasteiger partial charge in [-0.05, 0) is 32.0 Å². The number of halogens is 1. The standard InChI is InChI=1S/C13H13ClO3/c1-13(2,16)7-6-9-4-5-11(14)10(8-9)12(15)17-3/h4-5,8,16H,1-3H3. The van der Waals surface area contributed by atoms with E-state index in [9.17, 15) is 9.90 Å². The van der Waals surface area contributed by atoms with Gasteiger partial charge >= 0.3 is 5.97 Å². The summed E-state index contributed by atoms with van der Waals surface area (Å²) in [4.78, 5) is 11.4. The van der Waals surface area contributed by atoms with Crippen LogP contribution in [0.25, 0.3) is 0 Å². The quantitative estimate of drug-likeness (QED) is 0.616. The average molecular weight is 253 g/mol. The van der Waals surface area contributed by atoms with Crippen molar-refractivity contribution in [3.05, 3.63) is 34.3 Å². The Morgan fingerprint density at radius 2 is 2.12 bits per heavy atom. The fourth-order valence-corrected chi connectivity index (χ4v) is 1.29. The molecule has 0 spiro atoms. The average Bonchev–Trinajstić information content (AvgIpc) is 2.26. The van der Waals surface area contributed by atoms with Gasteiger partial charge in [0.1, 0.15) is 5.60 Å². The smallest absolute Gasteiger partial charge is 0.339 e. The van der Waals surface area contributed by atoms with Crippen LogP contribution in [-0.4, -0.2) is 23.8 Å². The van der Waals surface area contributed by atoms with Gasteiger partial charge in [0.25, 0.3) is 0 Å². The SMILES string of the molecule is COC(=O)c1cc(C#CC(C)(C)O)ccc1Cl. The van der Waals surface area contributed by atoms with Crippen molar-refractivity contribution < 1.29 is 14.6 Å². The number of hydrogen-bond donors (Lipinski definition) is 1. The summed E-state index contributed by atoms with van der Waals surface area (Å²) in [7, 11) is 1.29. The van der Waals surface area contributed by atoms with E-state index in [1.807, 2.05) is 0 Å². The fraction of sp³-hybridized carbons (Fsp3) is 0.308. The van der Waals surface area contributed by atoms with Crippen LogP contribution in [0.4, 0.5) is 0 Å². The highest BCUT2D eigenvalue weighted by molar-refractivity contribution is 6.33. The Hall–Kier alpha value is -1.50. The maximum atomic E-state index is 11.4. The lowest BCUT2D eigenvalue weighted by atomic mass is 10.1. The summed E-state index contributed by atoms with van der Waals surface area (Å²) < 4.78 is 4.60. The molecule has 1 N–H and O–H groups in total. The molecule has 4 heteroatoms. The number of carbonyl (C=O) groups excluding carboxylic acids is 1. The summed E-state index contributed by atoms with van der Waals surface area (Å²) >= 11 is 5.86. The Bertz CT molecular complexity index is 490. The predicted molar refractivity (Wildman–Crippen MR) is 66.0 cm³/mol. The maximum Gasteiger partial charge on any atom is 0.339 e. The van der Waals surface area contributed by atoms with E-state index in [-0.39, 0.29) is 5.56 Å². The summed E-state index contributed by atoms with van der Waals surface area (Å²) in [5.74, 6) is 4.90. The lowest BCUT2D eigenvalue weighted by Gasteiger charge is -2.06. The Kier molecular flexibility index (Phi) is 4.17. The number of ether oxygens (including phenoxy) is 1. The molecule has 1 aromatic carbocycles. The van der Waals surface area contributed by atoms with E-state index in [1.54, 1.807) is 26.0 Å². The molecule has 3 nitrogen and oxygen atoms in total. The zero-order valence-corrected chi connectivity index (χ0v) is 10.6. The van der Waals surface area contributed by atoms with Gasteiger partial charge in [0.2, 0.25) is 0 Å². The van der Waals surface area contributed by atoms with Crippen LogP contribution in [0.3, 0.4) is 0 Å². The molecule has 1 aromatic rings. The number of aliphatic hydroxyl groups is 1. The Morgan fingerprint density at radius 1 is 1.47 bits per heavy atom. The fourth-order valence-electron chi connectivity index (χ4n) is 1.09. The van der Waals surface area contributed by atoms with Gasteiger partial charge in [-0.25, -0.2) is 4.79 Å². The van der Waals surface area contributed by atoms with E-state index in [1.165, 1.54) is 13.2 Å². The van der Waals surface area contributed by atoms with Crippen LogP contribution in [0.15, 0.2) is 18.2 Å². The lowest BCUT2D eigenvalue weighted by molar-refractivity contribution is 0.0601. The van der Waals surface area contributed by atoms with Crippen molar-refractivity contribution in [2.24, 2.45) is 0 Å². The molecule has 1 rings (SSSR count). The molecule has 0 amide bonds. The van der Waals surface area contributed by atoms with E-state index in [0.717, 1.165) is 0 Å². The molecule has 0 heterocycles. The first kappa shape index (κ1) is 13.6. The van der Waals surface area contributed by atoms with Gasteiger partial charge in [0.15, 0.2) is 0 Å². The molecule has 17 heavy (non-hydrogen) atoms. The van der Waals surface area contributed by atoms with Crippen molar-refractivity contribution in [3.63, 3.8) is 0 Å². The van der Waals surface area contributed by atoms with Crippen molar-refractivity contribution in [3.8, 4) is 11.8 Å². The number of methoxy groups -OCH3 is 1. The molecular weight excluding hydrogens is 240 g/mol. The first-order chi connectivity index (χ1) is 7.83. The molecule has 0 saturated carbocycles. The molecular formula is C13H13ClO3. The van der Waals surface area contributed by atoms with Gasteiger partial charge in [-0.2, -0.15) is 0 Å². The van der Waals surface area contributed by atoms with Crippen molar-refractivity contribution in [2.45, 2.75) is 19.4 Å². The molecule has 0 aromatic heterocycles. The number of benzene rings is 1. The molecule has 0 bridgehead atoms. The van der Waals surface area contributed by atoms with Crippen LogP contribution in [0, 0.1) is 11.8 Å². The zero-order valence-electron chi connectivity index (χ0n) is 9.87. The summed E-state index contributed by atoms with van der Waals surface area (Å²) in [6.07, 6.45) is 0. The van der Waals surface area contributed by atoms with Gasteiger partial charge < -0.3 is 9.84 Å². The third-order valence-corrected chi connectivity index (χ3v) is 2.21. The molecule has 0 radical (unpaired) electrons. The van der Waals surface area contributed by atoms with Gasteiger partial charge in [-0.1, -0.05) is 23.4 Å². The van der Waals surface area contributed by atoms with Crippen molar-refractivity contribution in [1.29, 1.82) is 0 Å². The molecule has 0 atom stereocenters. The van der Waals surface area contributed by atoms with E-state index >= 15 is 0 Å². The second-order valence-electron chi connectivity index (χ2n) is 4.00. The predicted octanol–water partition coefficient (Wildman–Crippen LogP) is 2.25. The van der Waals surface area contributed by atoms with Gasteiger partial charge in [-0.15, -0.1) is 0 Å². The Balaban J connectivity index is 3.12. The third-order valence-electron chi connectivity index (χ3n) is 1.88. The first-order valence-corrected chi connectivity index (χ1v) is 5.35. The summed E-state index contributed by atoms with van der Waals surface area (Å²) in [5.41, 5.74) is -0.223. The number of carbonyl (C=O) groups is 1. The monoisotopic (exact) mass is 252 g/mol. The topological polar surface area (TPSA) is 46.5 Å². The Morgan fingerprint density at radius 3 is 2.65 bits per heavy atom. The highest BCUT2D eigenvalue weighted by Gasteiger charge is 2.11. The van der Waals surface area contributed by atoms with Crippen LogP contribution in [0.1, 0.15) is 29.8 Å². The molecule has 0 fully saturated rings. The molecule has 0 aliphatic carbocycles. The van der Waals surface area contributed by atoms with Crippen LogP contribution in [0.5, 0.6) is 0 Å². The van der Waals surface area contributed by atoms with E-state index in [2.05, 4.69) is 16.6 Å². The van der Waals surface area contributed by atoms with Crippen LogP contribution < -0.4 is 0 Å². The third kappa shape index (κ3) is 4.10. The van der Waals surface area contributed by atoms with Crippen molar-refractivity contribution >= 4 is 17.6 Å². The summed E-state index contributed by atoms with van der Waals surface area (Å²) in [6, 6.07) is 4.78. The minimum Gasteiger partial charge on any atom is -0.465 e. The largest absolute Gasteiger partial charge is 0.465 e. The lowest BCUT2D eigenvalue weighted by Crippen LogP contribution is -2.14. The van der Waals surface area contributed by atoms with Crippen molar-refractivity contribution in [2.75, 3.05) is 7.11 Å². The van der Waals surface area contributed by atoms with Crippen LogP contribution in [-0.2, 0) is 4.74 Å². The van der Waals surface area contributed by atoms with Crippen LogP contribution >= 0.6 is 11.6 Å². The molecule has 0 aliphatic heterocycles. The molecule has 90 valence electrons. The van der Waals surface area contributed by atoms with E-state index in [4.69, 9.17) is 11.6 Å². The van der Waals surface area contributed by atoms with E-state index < -0.39 is 11.6 Å². The van der Waals surface area contributed by atoms with Gasteiger partial charge in [0.05, 0.1) is 17.7 Å². The highest BCUT2D eigenvalue weighted by atomic mass is 35.5. The van der Waals surface area contributed by atoms with Gasteiger partial charge in [0, 0.05) is 5.56 Å². The number of esters is 1. The van der Waals surface area contributed by atoms with Crippen LogP contribution in [0.2, 0.25) is 5.02 Å². The summed E-state index contributed by atoms with van der Waals surface area (Å²) in [6.45, 7) is 3.16. The molecule has 0 saturated heterocycles. The zero-order chi connectivity index (χ0) is 13.1. The number of rotatable bonds is 1. The van der Waals surface area contributed by atoms with E-state index in [0.29, 0.717) is 10.6 Å². The highest BCUT2D eigenvalue weighted by Crippen LogP contribution is 2.18. The first-order valence-electron chi connectivity index (χ1n) is 4.97. The minimum absolute atomic E-state index is 0.261. The Labute approximate surface area is 105 Å². The maximum absolute atomic E-state index is 11.4. The second kappa shape index (κ2) is 5.22. The van der Waals surface area contributed by atoms with Gasteiger partial charge in [-0.3, -0.25) is 0 Å². The normalized spacial score (nSPS) is 10.4. The molecule has 0 aliphatic rings. The number of hydrogen-bond acceptors (Lipinski definition) is 3.